The van der Waals surface area contributed by atoms with E-state index in [0.29, 0.717) is 40.8 Å². The third-order valence-electron chi connectivity index (χ3n) is 7.53. The van der Waals surface area contributed by atoms with Crippen molar-refractivity contribution in [3.63, 3.8) is 0 Å². The average Bonchev–Trinajstić information content (AvgIpc) is 3.78. The highest BCUT2D eigenvalue weighted by atomic mass is 32.1. The number of ether oxygens (including phenoxy) is 1. The Bertz CT molecular complexity index is 1570. The van der Waals surface area contributed by atoms with E-state index in [1.807, 2.05) is 35.4 Å². The van der Waals surface area contributed by atoms with Crippen LogP contribution in [0.1, 0.15) is 49.4 Å². The molecule has 6 rings (SSSR count). The van der Waals surface area contributed by atoms with Crippen molar-refractivity contribution in [2.24, 2.45) is 0 Å². The number of rotatable bonds is 9. The van der Waals surface area contributed by atoms with Gasteiger partial charge in [0.2, 0.25) is 5.91 Å². The molecular weight excluding hydrogens is 571 g/mol. The maximum absolute atomic E-state index is 13.0. The van der Waals surface area contributed by atoms with Crippen molar-refractivity contribution in [2.75, 3.05) is 32.1 Å². The Morgan fingerprint density at radius 2 is 1.81 bits per heavy atom. The number of likely N-dealkylation sites (tertiary alicyclic amines) is 1. The zero-order chi connectivity index (χ0) is 29.1. The summed E-state index contributed by atoms with van der Waals surface area (Å²) in [5.74, 6) is 0.742. The highest BCUT2D eigenvalue weighted by molar-refractivity contribution is 7.18. The summed E-state index contributed by atoms with van der Waals surface area (Å²) in [6.07, 6.45) is 3.73. The molecule has 0 spiro atoms. The van der Waals surface area contributed by atoms with Gasteiger partial charge in [-0.1, -0.05) is 24.3 Å². The maximum atomic E-state index is 13.0. The fraction of sp³-hybridized carbons (Fsp3) is 0.290. The number of nitrogens with one attached hydrogen (secondary N) is 3. The van der Waals surface area contributed by atoms with E-state index in [2.05, 4.69) is 20.9 Å². The number of hydrogen-bond donors (Lipinski definition) is 3. The predicted molar refractivity (Wildman–Crippen MR) is 164 cm³/mol. The van der Waals surface area contributed by atoms with Crippen molar-refractivity contribution < 1.29 is 19.1 Å². The quantitative estimate of drug-likeness (QED) is 0.256. The number of amides is 3. The zero-order valence-electron chi connectivity index (χ0n) is 23.1. The van der Waals surface area contributed by atoms with Gasteiger partial charge in [0.25, 0.3) is 11.8 Å². The van der Waals surface area contributed by atoms with Crippen LogP contribution in [0.25, 0.3) is 10.4 Å². The molecule has 0 aliphatic carbocycles. The average molecular weight is 602 g/mol. The third-order valence-corrected chi connectivity index (χ3v) is 9.72. The monoisotopic (exact) mass is 601 g/mol. The molecule has 2 aromatic heterocycles. The molecule has 0 unspecified atom stereocenters. The normalized spacial score (nSPS) is 16.6. The molecule has 42 heavy (non-hydrogen) atoms. The van der Waals surface area contributed by atoms with Gasteiger partial charge in [0.15, 0.2) is 0 Å². The zero-order valence-corrected chi connectivity index (χ0v) is 24.7. The van der Waals surface area contributed by atoms with Gasteiger partial charge in [-0.3, -0.25) is 14.4 Å². The van der Waals surface area contributed by atoms with Gasteiger partial charge in [-0.05, 0) is 66.9 Å². The molecule has 9 nitrogen and oxygen atoms in total. The summed E-state index contributed by atoms with van der Waals surface area (Å²) < 4.78 is 5.14. The third kappa shape index (κ3) is 6.23. The van der Waals surface area contributed by atoms with Gasteiger partial charge in [0, 0.05) is 37.3 Å². The van der Waals surface area contributed by atoms with Crippen LogP contribution in [0.2, 0.25) is 0 Å². The Hall–Kier alpha value is -4.06. The molecule has 0 radical (unpaired) electrons. The second-order valence-electron chi connectivity index (χ2n) is 10.4. The lowest BCUT2D eigenvalue weighted by Crippen LogP contribution is -2.48. The number of carbonyl (C=O) groups is 3. The predicted octanol–water partition coefficient (Wildman–Crippen LogP) is 4.74. The molecule has 2 aliphatic heterocycles. The number of nitrogens with zero attached hydrogens (tertiary/aromatic N) is 2. The van der Waals surface area contributed by atoms with Crippen molar-refractivity contribution in [1.82, 2.24) is 20.5 Å². The summed E-state index contributed by atoms with van der Waals surface area (Å²) in [6, 6.07) is 18.6. The van der Waals surface area contributed by atoms with Crippen LogP contribution < -0.4 is 20.7 Å². The maximum Gasteiger partial charge on any atom is 0.264 e. The Kier molecular flexibility index (Phi) is 8.31. The molecule has 2 aliphatic rings. The van der Waals surface area contributed by atoms with Crippen LogP contribution in [0.3, 0.4) is 0 Å². The number of hydrogen-bond acceptors (Lipinski definition) is 8. The molecule has 2 fully saturated rings. The first kappa shape index (κ1) is 28.1. The largest absolute Gasteiger partial charge is 0.497 e. The van der Waals surface area contributed by atoms with E-state index < -0.39 is 0 Å². The van der Waals surface area contributed by atoms with Gasteiger partial charge in [-0.25, -0.2) is 4.98 Å². The van der Waals surface area contributed by atoms with E-state index in [1.54, 1.807) is 54.8 Å². The first-order valence-electron chi connectivity index (χ1n) is 13.9. The van der Waals surface area contributed by atoms with Crippen LogP contribution >= 0.6 is 22.7 Å². The van der Waals surface area contributed by atoms with Crippen LogP contribution in [-0.2, 0) is 11.3 Å². The standard InChI is InChI=1S/C31H31N5O4S2/c1-40-23-10-8-21(9-11-23)28(37)33-15-19-4-6-20(7-5-19)26-16-34-30(42-26)22-17-36(18-22)31(39)25-12-13-27(41-25)35-29(38)24-3-2-14-32-24/h4-13,16,22,24,32H,2-3,14-15,17-18H2,1H3,(H,33,37)(H,35,38)/t24-/m0/s1. The Morgan fingerprint density at radius 3 is 2.52 bits per heavy atom. The molecule has 0 bridgehead atoms. The number of benzene rings is 2. The molecule has 216 valence electrons. The van der Waals surface area contributed by atoms with Crippen LogP contribution in [0.4, 0.5) is 5.00 Å². The molecule has 1 atom stereocenters. The minimum atomic E-state index is -0.151. The van der Waals surface area contributed by atoms with E-state index in [4.69, 9.17) is 4.74 Å². The van der Waals surface area contributed by atoms with E-state index >= 15 is 0 Å². The van der Waals surface area contributed by atoms with Gasteiger partial charge >= 0.3 is 0 Å². The molecule has 4 aromatic rings. The van der Waals surface area contributed by atoms with Crippen molar-refractivity contribution in [3.05, 3.63) is 87.9 Å². The minimum Gasteiger partial charge on any atom is -0.497 e. The van der Waals surface area contributed by atoms with Gasteiger partial charge in [-0.15, -0.1) is 22.7 Å². The summed E-state index contributed by atoms with van der Waals surface area (Å²) in [5.41, 5.74) is 2.66. The van der Waals surface area contributed by atoms with Crippen molar-refractivity contribution >= 4 is 45.4 Å². The Balaban J connectivity index is 0.982. The lowest BCUT2D eigenvalue weighted by atomic mass is 10.0. The second-order valence-corrected chi connectivity index (χ2v) is 12.5. The van der Waals surface area contributed by atoms with Gasteiger partial charge in [0.1, 0.15) is 5.75 Å². The van der Waals surface area contributed by atoms with Gasteiger partial charge in [-0.2, -0.15) is 0 Å². The SMILES string of the molecule is COc1ccc(C(=O)NCc2ccc(-c3cnc(C4CN(C(=O)c5ccc(NC(=O)[C@@H]6CCCN6)s5)C4)s3)cc2)cc1. The molecule has 2 aromatic carbocycles. The Morgan fingerprint density at radius 1 is 1.02 bits per heavy atom. The highest BCUT2D eigenvalue weighted by Crippen LogP contribution is 2.36. The number of carbonyl (C=O) groups excluding carboxylic acids is 3. The number of anilines is 1. The minimum absolute atomic E-state index is 0.0119. The summed E-state index contributed by atoms with van der Waals surface area (Å²) in [4.78, 5) is 45.9. The van der Waals surface area contributed by atoms with Crippen LogP contribution in [0.5, 0.6) is 5.75 Å². The van der Waals surface area contributed by atoms with Crippen LogP contribution in [0.15, 0.2) is 66.9 Å². The lowest BCUT2D eigenvalue weighted by Gasteiger charge is -2.37. The van der Waals surface area contributed by atoms with Crippen LogP contribution in [-0.4, -0.2) is 60.4 Å². The molecular formula is C31H31N5O4S2. The van der Waals surface area contributed by atoms with E-state index in [0.717, 1.165) is 40.4 Å². The Labute approximate surface area is 251 Å². The van der Waals surface area contributed by atoms with Crippen molar-refractivity contribution in [2.45, 2.75) is 31.3 Å². The fourth-order valence-corrected chi connectivity index (χ4v) is 6.90. The molecule has 3 N–H and O–H groups in total. The van der Waals surface area contributed by atoms with E-state index in [1.165, 1.54) is 11.3 Å². The molecule has 0 saturated carbocycles. The topological polar surface area (TPSA) is 113 Å². The number of thiazole rings is 1. The lowest BCUT2D eigenvalue weighted by molar-refractivity contribution is -0.117. The molecule has 2 saturated heterocycles. The van der Waals surface area contributed by atoms with Crippen LogP contribution in [0, 0.1) is 0 Å². The summed E-state index contributed by atoms with van der Waals surface area (Å²) in [5, 5.41) is 10.8. The second kappa shape index (κ2) is 12.4. The highest BCUT2D eigenvalue weighted by Gasteiger charge is 2.35. The van der Waals surface area contributed by atoms with Crippen molar-refractivity contribution in [1.29, 1.82) is 0 Å². The summed E-state index contributed by atoms with van der Waals surface area (Å²) in [6.45, 7) is 2.55. The fourth-order valence-electron chi connectivity index (χ4n) is 5.02. The number of aromatic nitrogens is 1. The molecule has 4 heterocycles. The first-order chi connectivity index (χ1) is 20.5. The van der Waals surface area contributed by atoms with Gasteiger partial charge < -0.3 is 25.6 Å². The van der Waals surface area contributed by atoms with E-state index in [-0.39, 0.29) is 29.7 Å². The van der Waals surface area contributed by atoms with Crippen molar-refractivity contribution in [3.8, 4) is 16.2 Å². The van der Waals surface area contributed by atoms with Gasteiger partial charge in [0.05, 0.1) is 32.9 Å². The number of methoxy groups -OCH3 is 1. The van der Waals surface area contributed by atoms with E-state index in [9.17, 15) is 14.4 Å². The first-order valence-corrected chi connectivity index (χ1v) is 15.5. The molecule has 3 amide bonds. The molecule has 11 heteroatoms. The summed E-state index contributed by atoms with van der Waals surface area (Å²) in [7, 11) is 1.59. The smallest absolute Gasteiger partial charge is 0.264 e. The summed E-state index contributed by atoms with van der Waals surface area (Å²) >= 11 is 2.97. The number of thiophene rings is 1.